The Morgan fingerprint density at radius 3 is 2.93 bits per heavy atom. The molecule has 0 saturated heterocycles. The summed E-state index contributed by atoms with van der Waals surface area (Å²) in [6, 6.07) is 3.95. The van der Waals surface area contributed by atoms with Gasteiger partial charge in [0, 0.05) is 25.1 Å². The number of aromatic nitrogens is 4. The van der Waals surface area contributed by atoms with Gasteiger partial charge in [0.2, 0.25) is 5.91 Å². The van der Waals surface area contributed by atoms with E-state index in [4.69, 9.17) is 5.11 Å². The summed E-state index contributed by atoms with van der Waals surface area (Å²) >= 11 is 0. The highest BCUT2D eigenvalue weighted by Crippen LogP contribution is 2.26. The smallest absolute Gasteiger partial charge is 0.223 e. The van der Waals surface area contributed by atoms with Crippen molar-refractivity contribution in [3.05, 3.63) is 29.8 Å². The molecule has 4 rings (SSSR count). The minimum absolute atomic E-state index is 0.0578. The summed E-state index contributed by atoms with van der Waals surface area (Å²) in [5.74, 6) is 1.90. The van der Waals surface area contributed by atoms with Crippen molar-refractivity contribution in [2.45, 2.75) is 38.9 Å². The lowest BCUT2D eigenvalue weighted by molar-refractivity contribution is -0.127. The van der Waals surface area contributed by atoms with E-state index in [0.29, 0.717) is 25.5 Å². The van der Waals surface area contributed by atoms with E-state index >= 15 is 0 Å². The van der Waals surface area contributed by atoms with E-state index in [9.17, 15) is 4.79 Å². The number of carbonyl (C=O) groups excluding carboxylic acids is 1. The van der Waals surface area contributed by atoms with Gasteiger partial charge in [0.15, 0.2) is 0 Å². The molecule has 0 radical (unpaired) electrons. The molecule has 9 heteroatoms. The van der Waals surface area contributed by atoms with Crippen molar-refractivity contribution in [1.29, 1.82) is 0 Å². The minimum Gasteiger partial charge on any atom is -0.395 e. The van der Waals surface area contributed by atoms with Gasteiger partial charge in [0.1, 0.15) is 18.0 Å². The number of hydrogen-bond acceptors (Lipinski definition) is 7. The molecule has 9 nitrogen and oxygen atoms in total. The van der Waals surface area contributed by atoms with Crippen LogP contribution in [0.3, 0.4) is 0 Å². The summed E-state index contributed by atoms with van der Waals surface area (Å²) in [6.45, 7) is 3.29. The van der Waals surface area contributed by atoms with Gasteiger partial charge in [-0.25, -0.2) is 9.97 Å². The van der Waals surface area contributed by atoms with E-state index < -0.39 is 0 Å². The second-order valence-electron chi connectivity index (χ2n) is 7.03. The summed E-state index contributed by atoms with van der Waals surface area (Å²) < 4.78 is 2.01. The summed E-state index contributed by atoms with van der Waals surface area (Å²) in [7, 11) is 0. The maximum atomic E-state index is 12.0. The van der Waals surface area contributed by atoms with Gasteiger partial charge in [-0.2, -0.15) is 5.10 Å². The fourth-order valence-electron chi connectivity index (χ4n) is 3.40. The molecule has 3 heterocycles. The van der Waals surface area contributed by atoms with Crippen molar-refractivity contribution in [2.24, 2.45) is 5.92 Å². The molecule has 0 spiro atoms. The lowest BCUT2D eigenvalue weighted by Gasteiger charge is -2.28. The SMILES string of the molecule is O=C(NCc1cc2n(n1)CCN(c1cc(NCCO)ncn1)C2)C1CCC1. The zero-order valence-corrected chi connectivity index (χ0v) is 15.3. The van der Waals surface area contributed by atoms with Crippen molar-refractivity contribution in [3.63, 3.8) is 0 Å². The lowest BCUT2D eigenvalue weighted by atomic mass is 9.85. The first-order valence-corrected chi connectivity index (χ1v) is 9.48. The molecule has 1 saturated carbocycles. The highest BCUT2D eigenvalue weighted by Gasteiger charge is 2.25. The maximum absolute atomic E-state index is 12.0. The van der Waals surface area contributed by atoms with Gasteiger partial charge >= 0.3 is 0 Å². The molecule has 0 atom stereocenters. The number of carbonyl (C=O) groups is 1. The number of amides is 1. The number of aliphatic hydroxyl groups is 1. The first kappa shape index (κ1) is 17.7. The van der Waals surface area contributed by atoms with Gasteiger partial charge in [0.25, 0.3) is 0 Å². The van der Waals surface area contributed by atoms with Crippen molar-refractivity contribution >= 4 is 17.5 Å². The highest BCUT2D eigenvalue weighted by atomic mass is 16.3. The van der Waals surface area contributed by atoms with Crippen LogP contribution in [0.2, 0.25) is 0 Å². The van der Waals surface area contributed by atoms with Crippen LogP contribution < -0.4 is 15.5 Å². The molecule has 2 aromatic heterocycles. The van der Waals surface area contributed by atoms with Gasteiger partial charge in [-0.05, 0) is 18.9 Å². The van der Waals surface area contributed by atoms with Gasteiger partial charge in [-0.1, -0.05) is 6.42 Å². The molecule has 1 fully saturated rings. The number of aliphatic hydroxyl groups excluding tert-OH is 1. The molecule has 0 bridgehead atoms. The monoisotopic (exact) mass is 371 g/mol. The normalized spacial score (nSPS) is 16.6. The molecule has 1 amide bonds. The van der Waals surface area contributed by atoms with Gasteiger partial charge in [0.05, 0.1) is 37.6 Å². The van der Waals surface area contributed by atoms with Crippen molar-refractivity contribution in [3.8, 4) is 0 Å². The van der Waals surface area contributed by atoms with E-state index in [-0.39, 0.29) is 18.4 Å². The van der Waals surface area contributed by atoms with E-state index in [1.165, 1.54) is 6.33 Å². The second kappa shape index (κ2) is 7.91. The second-order valence-corrected chi connectivity index (χ2v) is 7.03. The van der Waals surface area contributed by atoms with Crippen LogP contribution in [0.15, 0.2) is 18.5 Å². The number of nitrogens with zero attached hydrogens (tertiary/aromatic N) is 5. The molecule has 27 heavy (non-hydrogen) atoms. The van der Waals surface area contributed by atoms with Crippen LogP contribution in [0.4, 0.5) is 11.6 Å². The predicted molar refractivity (Wildman–Crippen MR) is 100 cm³/mol. The van der Waals surface area contributed by atoms with Gasteiger partial charge < -0.3 is 20.6 Å². The Hall–Kier alpha value is -2.68. The lowest BCUT2D eigenvalue weighted by Crippen LogP contribution is -2.34. The Balaban J connectivity index is 1.38. The van der Waals surface area contributed by atoms with Crippen LogP contribution in [0.1, 0.15) is 30.7 Å². The number of anilines is 2. The molecular weight excluding hydrogens is 346 g/mol. The van der Waals surface area contributed by atoms with E-state index in [1.807, 2.05) is 10.7 Å². The van der Waals surface area contributed by atoms with Gasteiger partial charge in [-0.3, -0.25) is 9.48 Å². The average molecular weight is 371 g/mol. The Morgan fingerprint density at radius 2 is 2.15 bits per heavy atom. The summed E-state index contributed by atoms with van der Waals surface area (Å²) in [5.41, 5.74) is 2.00. The van der Waals surface area contributed by atoms with Crippen molar-refractivity contribution < 1.29 is 9.90 Å². The fraction of sp³-hybridized carbons (Fsp3) is 0.556. The van der Waals surface area contributed by atoms with Crippen LogP contribution in [0, 0.1) is 5.92 Å². The maximum Gasteiger partial charge on any atom is 0.223 e. The number of fused-ring (bicyclic) bond motifs is 1. The third kappa shape index (κ3) is 4.02. The highest BCUT2D eigenvalue weighted by molar-refractivity contribution is 5.79. The molecule has 0 aromatic carbocycles. The minimum atomic E-state index is 0.0578. The number of hydrogen-bond donors (Lipinski definition) is 3. The molecule has 3 N–H and O–H groups in total. The average Bonchev–Trinajstić information content (AvgIpc) is 3.05. The Bertz CT molecular complexity index is 803. The zero-order chi connectivity index (χ0) is 18.6. The first-order chi connectivity index (χ1) is 13.2. The topological polar surface area (TPSA) is 108 Å². The molecular formula is C18H25N7O2. The Kier molecular flexibility index (Phi) is 5.19. The van der Waals surface area contributed by atoms with Crippen LogP contribution in [-0.4, -0.2) is 50.5 Å². The molecule has 0 unspecified atom stereocenters. The van der Waals surface area contributed by atoms with Crippen molar-refractivity contribution in [2.75, 3.05) is 29.9 Å². The van der Waals surface area contributed by atoms with Crippen molar-refractivity contribution in [1.82, 2.24) is 25.1 Å². The van der Waals surface area contributed by atoms with E-state index in [2.05, 4.69) is 36.7 Å². The quantitative estimate of drug-likeness (QED) is 0.651. The first-order valence-electron chi connectivity index (χ1n) is 9.48. The van der Waals surface area contributed by atoms with Crippen LogP contribution >= 0.6 is 0 Å². The molecule has 2 aliphatic rings. The molecule has 1 aliphatic carbocycles. The summed E-state index contributed by atoms with van der Waals surface area (Å²) in [4.78, 5) is 22.7. The van der Waals surface area contributed by atoms with Gasteiger partial charge in [-0.15, -0.1) is 0 Å². The zero-order valence-electron chi connectivity index (χ0n) is 15.3. The molecule has 2 aromatic rings. The Morgan fingerprint density at radius 1 is 1.26 bits per heavy atom. The third-order valence-corrected chi connectivity index (χ3v) is 5.16. The number of nitrogens with one attached hydrogen (secondary N) is 2. The van der Waals surface area contributed by atoms with Crippen LogP contribution in [-0.2, 0) is 24.4 Å². The van der Waals surface area contributed by atoms with E-state index in [1.54, 1.807) is 0 Å². The fourth-order valence-corrected chi connectivity index (χ4v) is 3.40. The third-order valence-electron chi connectivity index (χ3n) is 5.16. The summed E-state index contributed by atoms with van der Waals surface area (Å²) in [5, 5.41) is 19.6. The molecule has 144 valence electrons. The van der Waals surface area contributed by atoms with Crippen LogP contribution in [0.5, 0.6) is 0 Å². The standard InChI is InChI=1S/C18H25N7O2/c26-7-4-19-16-9-17(22-12-21-16)24-5-6-25-15(11-24)8-14(23-25)10-20-18(27)13-2-1-3-13/h8-9,12-13,26H,1-7,10-11H2,(H,20,27)(H,19,21,22). The van der Waals surface area contributed by atoms with Crippen LogP contribution in [0.25, 0.3) is 0 Å². The number of rotatable bonds is 7. The largest absolute Gasteiger partial charge is 0.395 e. The molecule has 1 aliphatic heterocycles. The van der Waals surface area contributed by atoms with E-state index in [0.717, 1.165) is 49.6 Å². The summed E-state index contributed by atoms with van der Waals surface area (Å²) in [6.07, 6.45) is 4.71. The predicted octanol–water partition coefficient (Wildman–Crippen LogP) is 0.514. The Labute approximate surface area is 157 Å².